The van der Waals surface area contributed by atoms with Crippen LogP contribution in [0.5, 0.6) is 0 Å². The van der Waals surface area contributed by atoms with Gasteiger partial charge >= 0.3 is 0 Å². The SMILES string of the molecule is Cc1occc1-c1nc2ccc(C#N)cc2[nH]1. The van der Waals surface area contributed by atoms with E-state index in [1.165, 1.54) is 0 Å². The first-order valence-corrected chi connectivity index (χ1v) is 5.22. The lowest BCUT2D eigenvalue weighted by Crippen LogP contribution is -1.78. The molecule has 3 aromatic rings. The van der Waals surface area contributed by atoms with E-state index in [0.717, 1.165) is 28.2 Å². The molecule has 0 saturated carbocycles. The predicted octanol–water partition coefficient (Wildman–Crippen LogP) is 3.00. The first-order valence-electron chi connectivity index (χ1n) is 5.22. The van der Waals surface area contributed by atoms with Crippen LogP contribution in [0.25, 0.3) is 22.4 Å². The number of hydrogen-bond acceptors (Lipinski definition) is 3. The minimum Gasteiger partial charge on any atom is -0.469 e. The third kappa shape index (κ3) is 1.49. The number of rotatable bonds is 1. The Labute approximate surface area is 97.5 Å². The predicted molar refractivity (Wildman–Crippen MR) is 63.2 cm³/mol. The number of benzene rings is 1. The summed E-state index contributed by atoms with van der Waals surface area (Å²) in [5.74, 6) is 1.59. The van der Waals surface area contributed by atoms with Crippen molar-refractivity contribution in [2.24, 2.45) is 0 Å². The van der Waals surface area contributed by atoms with E-state index < -0.39 is 0 Å². The van der Waals surface area contributed by atoms with Gasteiger partial charge in [0.15, 0.2) is 0 Å². The number of H-pyrrole nitrogens is 1. The van der Waals surface area contributed by atoms with E-state index in [0.29, 0.717) is 5.56 Å². The fourth-order valence-corrected chi connectivity index (χ4v) is 1.84. The normalized spacial score (nSPS) is 10.6. The summed E-state index contributed by atoms with van der Waals surface area (Å²) < 4.78 is 5.25. The van der Waals surface area contributed by atoms with Gasteiger partial charge in [-0.2, -0.15) is 5.26 Å². The van der Waals surface area contributed by atoms with E-state index in [2.05, 4.69) is 16.0 Å². The van der Waals surface area contributed by atoms with E-state index in [4.69, 9.17) is 9.68 Å². The third-order valence-electron chi connectivity index (χ3n) is 2.72. The first-order chi connectivity index (χ1) is 8.28. The van der Waals surface area contributed by atoms with Gasteiger partial charge in [-0.05, 0) is 31.2 Å². The fraction of sp³-hybridized carbons (Fsp3) is 0.0769. The monoisotopic (exact) mass is 223 g/mol. The van der Waals surface area contributed by atoms with E-state index >= 15 is 0 Å². The summed E-state index contributed by atoms with van der Waals surface area (Å²) in [7, 11) is 0. The lowest BCUT2D eigenvalue weighted by atomic mass is 10.2. The van der Waals surface area contributed by atoms with Gasteiger partial charge in [-0.15, -0.1) is 0 Å². The van der Waals surface area contributed by atoms with Gasteiger partial charge in [0.05, 0.1) is 34.5 Å². The summed E-state index contributed by atoms with van der Waals surface area (Å²) in [6.07, 6.45) is 1.64. The number of imidazole rings is 1. The summed E-state index contributed by atoms with van der Waals surface area (Å²) in [6.45, 7) is 1.89. The molecule has 17 heavy (non-hydrogen) atoms. The maximum Gasteiger partial charge on any atom is 0.142 e. The summed E-state index contributed by atoms with van der Waals surface area (Å²) in [5.41, 5.74) is 3.27. The first kappa shape index (κ1) is 9.67. The smallest absolute Gasteiger partial charge is 0.142 e. The Morgan fingerprint density at radius 3 is 2.94 bits per heavy atom. The fourth-order valence-electron chi connectivity index (χ4n) is 1.84. The molecule has 82 valence electrons. The largest absolute Gasteiger partial charge is 0.469 e. The van der Waals surface area contributed by atoms with Crippen LogP contribution < -0.4 is 0 Å². The molecule has 1 N–H and O–H groups in total. The van der Waals surface area contributed by atoms with E-state index in [1.807, 2.05) is 19.1 Å². The van der Waals surface area contributed by atoms with Gasteiger partial charge in [0.2, 0.25) is 0 Å². The van der Waals surface area contributed by atoms with Crippen molar-refractivity contribution in [1.29, 1.82) is 5.26 Å². The van der Waals surface area contributed by atoms with Crippen LogP contribution in [0.15, 0.2) is 34.9 Å². The molecule has 0 atom stereocenters. The molecule has 4 nitrogen and oxygen atoms in total. The molecule has 0 aliphatic carbocycles. The van der Waals surface area contributed by atoms with Crippen LogP contribution in [0.3, 0.4) is 0 Å². The second kappa shape index (κ2) is 3.49. The highest BCUT2D eigenvalue weighted by Gasteiger charge is 2.09. The van der Waals surface area contributed by atoms with Crippen LogP contribution in [0.1, 0.15) is 11.3 Å². The Morgan fingerprint density at radius 1 is 1.35 bits per heavy atom. The molecule has 0 aliphatic rings. The molecule has 2 aromatic heterocycles. The molecule has 0 aliphatic heterocycles. The Hall–Kier alpha value is -2.54. The van der Waals surface area contributed by atoms with Gasteiger partial charge in [-0.3, -0.25) is 0 Å². The zero-order valence-corrected chi connectivity index (χ0v) is 9.19. The molecule has 3 rings (SSSR count). The zero-order chi connectivity index (χ0) is 11.8. The van der Waals surface area contributed by atoms with Crippen LogP contribution in [-0.2, 0) is 0 Å². The van der Waals surface area contributed by atoms with Crippen LogP contribution >= 0.6 is 0 Å². The minimum absolute atomic E-state index is 0.622. The molecule has 2 heterocycles. The molecule has 0 radical (unpaired) electrons. The van der Waals surface area contributed by atoms with Crippen LogP contribution in [0.4, 0.5) is 0 Å². The molecule has 0 bridgehead atoms. The van der Waals surface area contributed by atoms with Crippen molar-refractivity contribution < 1.29 is 4.42 Å². The van der Waals surface area contributed by atoms with Crippen LogP contribution in [0.2, 0.25) is 0 Å². The highest BCUT2D eigenvalue weighted by molar-refractivity contribution is 5.80. The summed E-state index contributed by atoms with van der Waals surface area (Å²) >= 11 is 0. The van der Waals surface area contributed by atoms with Crippen molar-refractivity contribution in [2.75, 3.05) is 0 Å². The van der Waals surface area contributed by atoms with E-state index in [9.17, 15) is 0 Å². The molecule has 0 spiro atoms. The number of nitrogens with zero attached hydrogens (tertiary/aromatic N) is 2. The molecule has 0 unspecified atom stereocenters. The van der Waals surface area contributed by atoms with E-state index in [-0.39, 0.29) is 0 Å². The van der Waals surface area contributed by atoms with Gasteiger partial charge in [0.1, 0.15) is 11.6 Å². The number of nitriles is 1. The number of aryl methyl sites for hydroxylation is 1. The molecular weight excluding hydrogens is 214 g/mol. The van der Waals surface area contributed by atoms with Gasteiger partial charge < -0.3 is 9.40 Å². The average molecular weight is 223 g/mol. The summed E-state index contributed by atoms with van der Waals surface area (Å²) in [5, 5.41) is 8.83. The second-order valence-corrected chi connectivity index (χ2v) is 3.82. The highest BCUT2D eigenvalue weighted by Crippen LogP contribution is 2.24. The van der Waals surface area contributed by atoms with Crippen molar-refractivity contribution in [3.8, 4) is 17.5 Å². The van der Waals surface area contributed by atoms with Gasteiger partial charge in [0, 0.05) is 0 Å². The molecule has 0 saturated heterocycles. The Morgan fingerprint density at radius 2 is 2.24 bits per heavy atom. The Kier molecular flexibility index (Phi) is 1.99. The number of nitrogens with one attached hydrogen (secondary N) is 1. The second-order valence-electron chi connectivity index (χ2n) is 3.82. The van der Waals surface area contributed by atoms with Crippen molar-refractivity contribution in [1.82, 2.24) is 9.97 Å². The van der Waals surface area contributed by atoms with Crippen molar-refractivity contribution in [2.45, 2.75) is 6.92 Å². The molecule has 1 aromatic carbocycles. The minimum atomic E-state index is 0.622. The number of fused-ring (bicyclic) bond motifs is 1. The molecule has 0 amide bonds. The topological polar surface area (TPSA) is 65.6 Å². The van der Waals surface area contributed by atoms with Gasteiger partial charge in [-0.1, -0.05) is 0 Å². The maximum absolute atomic E-state index is 8.83. The van der Waals surface area contributed by atoms with Gasteiger partial charge in [0.25, 0.3) is 0 Å². The number of aromatic nitrogens is 2. The summed E-state index contributed by atoms with van der Waals surface area (Å²) in [4.78, 5) is 7.66. The Balaban J connectivity index is 2.21. The molecule has 0 fully saturated rings. The lowest BCUT2D eigenvalue weighted by molar-refractivity contribution is 0.535. The van der Waals surface area contributed by atoms with Crippen LogP contribution in [0, 0.1) is 18.3 Å². The number of furan rings is 1. The molecule has 4 heteroatoms. The number of hydrogen-bond donors (Lipinski definition) is 1. The average Bonchev–Trinajstić information content (AvgIpc) is 2.93. The molecular formula is C13H9N3O. The van der Waals surface area contributed by atoms with Crippen molar-refractivity contribution in [3.05, 3.63) is 41.9 Å². The third-order valence-corrected chi connectivity index (χ3v) is 2.72. The van der Waals surface area contributed by atoms with E-state index in [1.54, 1.807) is 18.4 Å². The Bertz CT molecular complexity index is 731. The highest BCUT2D eigenvalue weighted by atomic mass is 16.3. The zero-order valence-electron chi connectivity index (χ0n) is 9.19. The van der Waals surface area contributed by atoms with Crippen LogP contribution in [-0.4, -0.2) is 9.97 Å². The van der Waals surface area contributed by atoms with Crippen molar-refractivity contribution in [3.63, 3.8) is 0 Å². The number of aromatic amines is 1. The lowest BCUT2D eigenvalue weighted by Gasteiger charge is -1.90. The standard InChI is InChI=1S/C13H9N3O/c1-8-10(4-5-17-8)13-15-11-3-2-9(7-14)6-12(11)16-13/h2-6H,1H3,(H,15,16). The van der Waals surface area contributed by atoms with Gasteiger partial charge in [-0.25, -0.2) is 4.98 Å². The quantitative estimate of drug-likeness (QED) is 0.689. The maximum atomic E-state index is 8.83. The van der Waals surface area contributed by atoms with Crippen molar-refractivity contribution >= 4 is 11.0 Å². The summed E-state index contributed by atoms with van der Waals surface area (Å²) in [6, 6.07) is 9.37.